The van der Waals surface area contributed by atoms with E-state index < -0.39 is 0 Å². The molecule has 0 saturated heterocycles. The number of nitrogens with two attached hydrogens (primary N) is 1. The van der Waals surface area contributed by atoms with E-state index in [0.717, 1.165) is 29.2 Å². The van der Waals surface area contributed by atoms with Crippen LogP contribution in [0, 0.1) is 13.8 Å². The molecule has 3 N–H and O–H groups in total. The van der Waals surface area contributed by atoms with Gasteiger partial charge in [0.2, 0.25) is 0 Å². The third-order valence-corrected chi connectivity index (χ3v) is 3.14. The number of aromatic nitrogens is 3. The summed E-state index contributed by atoms with van der Waals surface area (Å²) in [6, 6.07) is 2.00. The standard InChI is InChI=1S/C14H19N5/c1-4-12-18-13(15)10(3)14(19-12)17-8-11-7-16-6-5-9(11)2/h5-7H,4,8H2,1-3H3,(H3,15,17,18,19). The minimum Gasteiger partial charge on any atom is -0.383 e. The van der Waals surface area contributed by atoms with Crippen LogP contribution in [0.1, 0.15) is 29.4 Å². The summed E-state index contributed by atoms with van der Waals surface area (Å²) in [5.41, 5.74) is 9.14. The average Bonchev–Trinajstić information content (AvgIpc) is 2.42. The van der Waals surface area contributed by atoms with Gasteiger partial charge in [0.25, 0.3) is 0 Å². The van der Waals surface area contributed by atoms with Crippen molar-refractivity contribution in [2.24, 2.45) is 0 Å². The Morgan fingerprint density at radius 1 is 1.26 bits per heavy atom. The molecule has 0 spiro atoms. The Balaban J connectivity index is 2.20. The van der Waals surface area contributed by atoms with Crippen LogP contribution in [-0.2, 0) is 13.0 Å². The first-order valence-electron chi connectivity index (χ1n) is 6.38. The number of rotatable bonds is 4. The van der Waals surface area contributed by atoms with Gasteiger partial charge < -0.3 is 11.1 Å². The molecule has 19 heavy (non-hydrogen) atoms. The maximum Gasteiger partial charge on any atom is 0.135 e. The van der Waals surface area contributed by atoms with Crippen molar-refractivity contribution >= 4 is 11.6 Å². The molecule has 0 aliphatic rings. The third-order valence-electron chi connectivity index (χ3n) is 3.14. The van der Waals surface area contributed by atoms with Crippen molar-refractivity contribution in [3.05, 3.63) is 41.0 Å². The van der Waals surface area contributed by atoms with E-state index in [9.17, 15) is 0 Å². The van der Waals surface area contributed by atoms with E-state index in [2.05, 4.69) is 27.2 Å². The number of nitrogens with zero attached hydrogens (tertiary/aromatic N) is 3. The Kier molecular flexibility index (Phi) is 3.94. The predicted octanol–water partition coefficient (Wildman–Crippen LogP) is 2.25. The topological polar surface area (TPSA) is 76.7 Å². The Morgan fingerprint density at radius 2 is 2.05 bits per heavy atom. The molecule has 2 aromatic rings. The van der Waals surface area contributed by atoms with Crippen molar-refractivity contribution in [2.45, 2.75) is 33.7 Å². The van der Waals surface area contributed by atoms with Gasteiger partial charge in [0.05, 0.1) is 0 Å². The van der Waals surface area contributed by atoms with Crippen LogP contribution in [0.4, 0.5) is 11.6 Å². The molecule has 0 aliphatic carbocycles. The van der Waals surface area contributed by atoms with Gasteiger partial charge in [-0.25, -0.2) is 9.97 Å². The van der Waals surface area contributed by atoms with Crippen LogP contribution in [0.5, 0.6) is 0 Å². The number of anilines is 2. The molecule has 0 aliphatic heterocycles. The van der Waals surface area contributed by atoms with E-state index in [4.69, 9.17) is 5.73 Å². The Hall–Kier alpha value is -2.17. The normalized spacial score (nSPS) is 10.5. The smallest absolute Gasteiger partial charge is 0.135 e. The highest BCUT2D eigenvalue weighted by molar-refractivity contribution is 5.55. The second-order valence-corrected chi connectivity index (χ2v) is 4.51. The molecule has 0 saturated carbocycles. The van der Waals surface area contributed by atoms with E-state index in [-0.39, 0.29) is 0 Å². The second kappa shape index (κ2) is 5.65. The van der Waals surface area contributed by atoms with Gasteiger partial charge >= 0.3 is 0 Å². The number of pyridine rings is 1. The van der Waals surface area contributed by atoms with Crippen LogP contribution < -0.4 is 11.1 Å². The lowest BCUT2D eigenvalue weighted by atomic mass is 10.1. The van der Waals surface area contributed by atoms with Crippen LogP contribution in [0.3, 0.4) is 0 Å². The molecule has 0 bridgehead atoms. The van der Waals surface area contributed by atoms with Gasteiger partial charge in [0.15, 0.2) is 0 Å². The zero-order valence-electron chi connectivity index (χ0n) is 11.6. The maximum absolute atomic E-state index is 5.89. The Morgan fingerprint density at radius 3 is 2.74 bits per heavy atom. The van der Waals surface area contributed by atoms with Crippen LogP contribution in [0.15, 0.2) is 18.5 Å². The molecule has 0 fully saturated rings. The molecule has 5 nitrogen and oxygen atoms in total. The minimum atomic E-state index is 0.539. The van der Waals surface area contributed by atoms with Crippen LogP contribution in [0.25, 0.3) is 0 Å². The summed E-state index contributed by atoms with van der Waals surface area (Å²) in [4.78, 5) is 12.8. The van der Waals surface area contributed by atoms with Crippen molar-refractivity contribution in [3.8, 4) is 0 Å². The monoisotopic (exact) mass is 257 g/mol. The first-order valence-corrected chi connectivity index (χ1v) is 6.38. The fraction of sp³-hybridized carbons (Fsp3) is 0.357. The summed E-state index contributed by atoms with van der Waals surface area (Å²) in [6.07, 6.45) is 4.43. The molecule has 5 heteroatoms. The highest BCUT2D eigenvalue weighted by Crippen LogP contribution is 2.18. The van der Waals surface area contributed by atoms with Crippen molar-refractivity contribution in [1.29, 1.82) is 0 Å². The van der Waals surface area contributed by atoms with E-state index in [1.807, 2.05) is 26.1 Å². The summed E-state index contributed by atoms with van der Waals surface area (Å²) in [5, 5.41) is 3.31. The van der Waals surface area contributed by atoms with Gasteiger partial charge in [-0.2, -0.15) is 0 Å². The quantitative estimate of drug-likeness (QED) is 0.878. The number of hydrogen-bond donors (Lipinski definition) is 2. The largest absolute Gasteiger partial charge is 0.383 e. The molecule has 2 aromatic heterocycles. The summed E-state index contributed by atoms with van der Waals surface area (Å²) < 4.78 is 0. The summed E-state index contributed by atoms with van der Waals surface area (Å²) in [7, 11) is 0. The lowest BCUT2D eigenvalue weighted by molar-refractivity contribution is 0.926. The number of nitrogen functional groups attached to an aromatic ring is 1. The molecule has 100 valence electrons. The molecule has 0 atom stereocenters. The molecule has 0 amide bonds. The van der Waals surface area contributed by atoms with E-state index in [0.29, 0.717) is 12.4 Å². The maximum atomic E-state index is 5.89. The SMILES string of the molecule is CCc1nc(N)c(C)c(NCc2cnccc2C)n1. The van der Waals surface area contributed by atoms with Gasteiger partial charge in [-0.05, 0) is 31.0 Å². The van der Waals surface area contributed by atoms with Gasteiger partial charge in [-0.1, -0.05) is 6.92 Å². The van der Waals surface area contributed by atoms with Crippen LogP contribution >= 0.6 is 0 Å². The molecular weight excluding hydrogens is 238 g/mol. The number of nitrogens with one attached hydrogen (secondary N) is 1. The summed E-state index contributed by atoms with van der Waals surface area (Å²) in [5.74, 6) is 2.10. The first-order chi connectivity index (χ1) is 9.11. The van der Waals surface area contributed by atoms with Gasteiger partial charge in [-0.15, -0.1) is 0 Å². The predicted molar refractivity (Wildman–Crippen MR) is 76.9 cm³/mol. The molecular formula is C14H19N5. The molecule has 2 rings (SSSR count). The number of aryl methyl sites for hydroxylation is 2. The zero-order valence-corrected chi connectivity index (χ0v) is 11.6. The Bertz CT molecular complexity index is 580. The molecule has 0 radical (unpaired) electrons. The highest BCUT2D eigenvalue weighted by atomic mass is 15.1. The van der Waals surface area contributed by atoms with E-state index >= 15 is 0 Å². The zero-order chi connectivity index (χ0) is 13.8. The number of hydrogen-bond acceptors (Lipinski definition) is 5. The molecule has 0 aromatic carbocycles. The molecule has 2 heterocycles. The van der Waals surface area contributed by atoms with Crippen LogP contribution in [-0.4, -0.2) is 15.0 Å². The summed E-state index contributed by atoms with van der Waals surface area (Å²) in [6.45, 7) is 6.68. The van der Waals surface area contributed by atoms with Crippen LogP contribution in [0.2, 0.25) is 0 Å². The molecule has 0 unspecified atom stereocenters. The fourth-order valence-electron chi connectivity index (χ4n) is 1.77. The van der Waals surface area contributed by atoms with Crippen molar-refractivity contribution in [2.75, 3.05) is 11.1 Å². The first kappa shape index (κ1) is 13.3. The van der Waals surface area contributed by atoms with Crippen molar-refractivity contribution in [3.63, 3.8) is 0 Å². The van der Waals surface area contributed by atoms with Crippen molar-refractivity contribution < 1.29 is 0 Å². The lowest BCUT2D eigenvalue weighted by Gasteiger charge is -2.12. The van der Waals surface area contributed by atoms with Gasteiger partial charge in [0.1, 0.15) is 17.5 Å². The van der Waals surface area contributed by atoms with E-state index in [1.54, 1.807) is 6.20 Å². The fourth-order valence-corrected chi connectivity index (χ4v) is 1.77. The summed E-state index contributed by atoms with van der Waals surface area (Å²) >= 11 is 0. The third kappa shape index (κ3) is 2.99. The van der Waals surface area contributed by atoms with Crippen molar-refractivity contribution in [1.82, 2.24) is 15.0 Å². The van der Waals surface area contributed by atoms with E-state index in [1.165, 1.54) is 5.56 Å². The van der Waals surface area contributed by atoms with Gasteiger partial charge in [0, 0.05) is 30.9 Å². The highest BCUT2D eigenvalue weighted by Gasteiger charge is 2.08. The van der Waals surface area contributed by atoms with Gasteiger partial charge in [-0.3, -0.25) is 4.98 Å². The lowest BCUT2D eigenvalue weighted by Crippen LogP contribution is -2.10. The average molecular weight is 257 g/mol. The Labute approximate surface area is 113 Å². The minimum absolute atomic E-state index is 0.539. The second-order valence-electron chi connectivity index (χ2n) is 4.51.